The molecule has 0 aromatic heterocycles. The van der Waals surface area contributed by atoms with Crippen LogP contribution in [0.15, 0.2) is 18.2 Å². The quantitative estimate of drug-likeness (QED) is 0.775. The third-order valence-electron chi connectivity index (χ3n) is 2.64. The first-order valence-corrected chi connectivity index (χ1v) is 4.77. The molecule has 1 aliphatic rings. The maximum atomic E-state index is 5.33. The number of rotatable bonds is 2. The second-order valence-corrected chi connectivity index (χ2v) is 3.43. The van der Waals surface area contributed by atoms with Gasteiger partial charge in [0.1, 0.15) is 5.75 Å². The van der Waals surface area contributed by atoms with Gasteiger partial charge in [-0.2, -0.15) is 0 Å². The highest BCUT2D eigenvalue weighted by molar-refractivity contribution is 5.59. The fourth-order valence-corrected chi connectivity index (χ4v) is 1.82. The Morgan fingerprint density at radius 1 is 1.36 bits per heavy atom. The van der Waals surface area contributed by atoms with E-state index < -0.39 is 0 Å². The first-order chi connectivity index (χ1) is 6.85. The summed E-state index contributed by atoms with van der Waals surface area (Å²) in [5.74, 6) is 0.941. The minimum absolute atomic E-state index is 0.249. The van der Waals surface area contributed by atoms with E-state index in [1.165, 1.54) is 5.56 Å². The zero-order valence-electron chi connectivity index (χ0n) is 8.54. The molecule has 0 amide bonds. The molecule has 0 bridgehead atoms. The third-order valence-corrected chi connectivity index (χ3v) is 2.64. The Morgan fingerprint density at radius 2 is 2.21 bits per heavy atom. The Hall–Kier alpha value is -1.22. The van der Waals surface area contributed by atoms with E-state index in [0.717, 1.165) is 24.4 Å². The first kappa shape index (κ1) is 9.34. The molecule has 0 saturated carbocycles. The van der Waals surface area contributed by atoms with Crippen molar-refractivity contribution < 1.29 is 9.47 Å². The lowest BCUT2D eigenvalue weighted by Crippen LogP contribution is -2.29. The summed E-state index contributed by atoms with van der Waals surface area (Å²) in [5, 5.41) is 3.33. The number of anilines is 1. The van der Waals surface area contributed by atoms with Crippen molar-refractivity contribution in [3.05, 3.63) is 23.8 Å². The second-order valence-electron chi connectivity index (χ2n) is 3.43. The predicted molar refractivity (Wildman–Crippen MR) is 56.0 cm³/mol. The molecule has 1 aromatic rings. The molecule has 0 fully saturated rings. The maximum Gasteiger partial charge on any atom is 0.124 e. The first-order valence-electron chi connectivity index (χ1n) is 4.77. The van der Waals surface area contributed by atoms with Crippen LogP contribution in [0.5, 0.6) is 5.75 Å². The van der Waals surface area contributed by atoms with E-state index in [2.05, 4.69) is 11.4 Å². The lowest BCUT2D eigenvalue weighted by atomic mass is 10.0. The van der Waals surface area contributed by atoms with Crippen LogP contribution >= 0.6 is 0 Å². The Kier molecular flexibility index (Phi) is 2.59. The van der Waals surface area contributed by atoms with Gasteiger partial charge in [-0.05, 0) is 12.1 Å². The van der Waals surface area contributed by atoms with E-state index in [0.29, 0.717) is 0 Å². The number of hydrogen-bond acceptors (Lipinski definition) is 3. The number of hydrogen-bond donors (Lipinski definition) is 1. The average molecular weight is 193 g/mol. The molecule has 1 aliphatic heterocycles. The van der Waals surface area contributed by atoms with Gasteiger partial charge in [0.2, 0.25) is 0 Å². The van der Waals surface area contributed by atoms with Crippen LogP contribution in [0.4, 0.5) is 5.69 Å². The average Bonchev–Trinajstić information content (AvgIpc) is 2.27. The van der Waals surface area contributed by atoms with Crippen LogP contribution in [0.2, 0.25) is 0 Å². The molecule has 3 heteroatoms. The number of benzene rings is 1. The number of ether oxygens (including phenoxy) is 2. The van der Waals surface area contributed by atoms with Crippen molar-refractivity contribution in [2.24, 2.45) is 0 Å². The van der Waals surface area contributed by atoms with Gasteiger partial charge in [0.05, 0.1) is 13.2 Å². The minimum atomic E-state index is 0.249. The summed E-state index contributed by atoms with van der Waals surface area (Å²) < 4.78 is 10.6. The number of methoxy groups -OCH3 is 2. The highest BCUT2D eigenvalue weighted by atomic mass is 16.5. The van der Waals surface area contributed by atoms with Crippen LogP contribution in [-0.4, -0.2) is 26.9 Å². The lowest BCUT2D eigenvalue weighted by molar-refractivity contribution is 0.110. The smallest absolute Gasteiger partial charge is 0.124 e. The Bertz CT molecular complexity index is 311. The van der Waals surface area contributed by atoms with Gasteiger partial charge >= 0.3 is 0 Å². The second kappa shape index (κ2) is 3.88. The Balaban J connectivity index is 2.33. The number of nitrogens with one attached hydrogen (secondary N) is 1. The van der Waals surface area contributed by atoms with E-state index in [1.807, 2.05) is 12.1 Å². The summed E-state index contributed by atoms with van der Waals surface area (Å²) in [6.07, 6.45) is 1.17. The van der Waals surface area contributed by atoms with Gasteiger partial charge in [0.15, 0.2) is 0 Å². The van der Waals surface area contributed by atoms with Crippen molar-refractivity contribution in [2.75, 3.05) is 26.1 Å². The monoisotopic (exact) mass is 193 g/mol. The van der Waals surface area contributed by atoms with Gasteiger partial charge in [-0.3, -0.25) is 0 Å². The number of fused-ring (bicyclic) bond motifs is 1. The van der Waals surface area contributed by atoms with E-state index in [1.54, 1.807) is 14.2 Å². The summed E-state index contributed by atoms with van der Waals surface area (Å²) in [6.45, 7) is 0.872. The summed E-state index contributed by atoms with van der Waals surface area (Å²) in [6, 6.07) is 6.06. The van der Waals surface area contributed by atoms with Crippen LogP contribution in [0.1, 0.15) is 5.56 Å². The van der Waals surface area contributed by atoms with Crippen molar-refractivity contribution in [1.82, 2.24) is 0 Å². The van der Waals surface area contributed by atoms with Crippen molar-refractivity contribution in [3.63, 3.8) is 0 Å². The molecule has 3 nitrogen and oxygen atoms in total. The zero-order valence-corrected chi connectivity index (χ0v) is 8.54. The normalized spacial score (nSPS) is 19.7. The molecule has 0 aliphatic carbocycles. The third kappa shape index (κ3) is 1.55. The Labute approximate surface area is 84.0 Å². The molecule has 1 aromatic carbocycles. The minimum Gasteiger partial charge on any atom is -0.496 e. The Morgan fingerprint density at radius 3 is 2.93 bits per heavy atom. The van der Waals surface area contributed by atoms with Crippen molar-refractivity contribution in [2.45, 2.75) is 12.5 Å². The highest BCUT2D eigenvalue weighted by Gasteiger charge is 2.20. The van der Waals surface area contributed by atoms with Crippen molar-refractivity contribution in [3.8, 4) is 5.75 Å². The molecule has 0 spiro atoms. The molecular formula is C11H15NO2. The molecule has 1 atom stereocenters. The zero-order chi connectivity index (χ0) is 9.97. The van der Waals surface area contributed by atoms with Gasteiger partial charge in [-0.25, -0.2) is 0 Å². The molecule has 0 saturated heterocycles. The van der Waals surface area contributed by atoms with Crippen molar-refractivity contribution >= 4 is 5.69 Å². The van der Waals surface area contributed by atoms with E-state index >= 15 is 0 Å². The molecule has 76 valence electrons. The summed E-state index contributed by atoms with van der Waals surface area (Å²) in [7, 11) is 3.44. The fraction of sp³-hybridized carbons (Fsp3) is 0.455. The van der Waals surface area contributed by atoms with Gasteiger partial charge < -0.3 is 14.8 Å². The molecular weight excluding hydrogens is 178 g/mol. The van der Waals surface area contributed by atoms with Crippen LogP contribution < -0.4 is 10.1 Å². The van der Waals surface area contributed by atoms with Crippen LogP contribution in [-0.2, 0) is 11.2 Å². The van der Waals surface area contributed by atoms with E-state index in [-0.39, 0.29) is 6.10 Å². The molecule has 1 heterocycles. The van der Waals surface area contributed by atoms with Gasteiger partial charge in [0.25, 0.3) is 0 Å². The van der Waals surface area contributed by atoms with Gasteiger partial charge in [-0.1, -0.05) is 6.07 Å². The van der Waals surface area contributed by atoms with E-state index in [9.17, 15) is 0 Å². The van der Waals surface area contributed by atoms with E-state index in [4.69, 9.17) is 9.47 Å². The van der Waals surface area contributed by atoms with Gasteiger partial charge in [0, 0.05) is 31.3 Å². The van der Waals surface area contributed by atoms with Crippen molar-refractivity contribution in [1.29, 1.82) is 0 Å². The van der Waals surface area contributed by atoms with Crippen LogP contribution in [0.25, 0.3) is 0 Å². The van der Waals surface area contributed by atoms with Crippen LogP contribution in [0.3, 0.4) is 0 Å². The molecule has 0 radical (unpaired) electrons. The lowest BCUT2D eigenvalue weighted by Gasteiger charge is -2.26. The topological polar surface area (TPSA) is 30.5 Å². The molecule has 2 rings (SSSR count). The molecule has 1 N–H and O–H groups in total. The fourth-order valence-electron chi connectivity index (χ4n) is 1.82. The summed E-state index contributed by atoms with van der Waals surface area (Å²) in [5.41, 5.74) is 2.38. The largest absolute Gasteiger partial charge is 0.496 e. The molecule has 1 unspecified atom stereocenters. The standard InChI is InChI=1S/C11H15NO2/c1-13-8-6-9-10(12-7-8)4-3-5-11(9)14-2/h3-5,8,12H,6-7H2,1-2H3. The molecule has 14 heavy (non-hydrogen) atoms. The maximum absolute atomic E-state index is 5.33. The van der Waals surface area contributed by atoms with Crippen LogP contribution in [0, 0.1) is 0 Å². The summed E-state index contributed by atoms with van der Waals surface area (Å²) >= 11 is 0. The SMILES string of the molecule is COc1cccc2c1CC(OC)CN2. The summed E-state index contributed by atoms with van der Waals surface area (Å²) in [4.78, 5) is 0. The predicted octanol–water partition coefficient (Wildman–Crippen LogP) is 1.68. The van der Waals surface area contributed by atoms with Gasteiger partial charge in [-0.15, -0.1) is 0 Å². The highest BCUT2D eigenvalue weighted by Crippen LogP contribution is 2.30.